The molecule has 0 aromatic heterocycles. The molecule has 4 heteroatoms. The van der Waals surface area contributed by atoms with Crippen LogP contribution in [-0.2, 0) is 9.53 Å². The number of hydrogen-bond donors (Lipinski definition) is 0. The van der Waals surface area contributed by atoms with Crippen LogP contribution in [0.1, 0.15) is 59.8 Å². The summed E-state index contributed by atoms with van der Waals surface area (Å²) >= 11 is 0. The molecule has 0 N–H and O–H groups in total. The van der Waals surface area contributed by atoms with Crippen LogP contribution in [0.15, 0.2) is 0 Å². The van der Waals surface area contributed by atoms with Crippen LogP contribution >= 0.6 is 21.6 Å². The molecule has 0 aliphatic carbocycles. The van der Waals surface area contributed by atoms with E-state index in [1.807, 2.05) is 49.3 Å². The molecule has 1 atom stereocenters. The second-order valence-electron chi connectivity index (χ2n) is 3.15. The quantitative estimate of drug-likeness (QED) is 0.405. The Labute approximate surface area is 115 Å². The van der Waals surface area contributed by atoms with Gasteiger partial charge < -0.3 is 4.74 Å². The summed E-state index contributed by atoms with van der Waals surface area (Å²) in [5, 5.41) is 0.836. The zero-order chi connectivity index (χ0) is 13.5. The average Bonchev–Trinajstić information content (AvgIpc) is 2.92. The Morgan fingerprint density at radius 1 is 1.24 bits per heavy atom. The maximum absolute atomic E-state index is 10.8. The van der Waals surface area contributed by atoms with Crippen LogP contribution in [0.5, 0.6) is 0 Å². The molecule has 0 amide bonds. The van der Waals surface area contributed by atoms with Gasteiger partial charge in [-0.3, -0.25) is 4.79 Å². The Bertz CT molecular complexity index is 157. The number of hydrogen-bond acceptors (Lipinski definition) is 4. The fourth-order valence-electron chi connectivity index (χ4n) is 1.31. The summed E-state index contributed by atoms with van der Waals surface area (Å²) in [7, 11) is 5.43. The smallest absolute Gasteiger partial charge is 0.305 e. The highest BCUT2D eigenvalue weighted by molar-refractivity contribution is 8.77. The molecule has 0 aromatic carbocycles. The van der Waals surface area contributed by atoms with Gasteiger partial charge >= 0.3 is 5.97 Å². The first-order chi connectivity index (χ1) is 8.33. The maximum Gasteiger partial charge on any atom is 0.305 e. The van der Waals surface area contributed by atoms with Crippen molar-refractivity contribution in [3.8, 4) is 0 Å². The fourth-order valence-corrected chi connectivity index (χ4v) is 4.34. The number of methoxy groups -OCH3 is 1. The van der Waals surface area contributed by atoms with Crippen molar-refractivity contribution in [2.75, 3.05) is 12.9 Å². The molecule has 17 heavy (non-hydrogen) atoms. The number of unbranched alkanes of at least 4 members (excludes halogenated alkanes) is 1. The van der Waals surface area contributed by atoms with Crippen molar-refractivity contribution in [2.45, 2.75) is 65.0 Å². The number of esters is 1. The van der Waals surface area contributed by atoms with Crippen molar-refractivity contribution in [1.82, 2.24) is 0 Å². The lowest BCUT2D eigenvalue weighted by molar-refractivity contribution is -0.140. The topological polar surface area (TPSA) is 26.3 Å². The van der Waals surface area contributed by atoms with E-state index in [0.29, 0.717) is 6.42 Å². The van der Waals surface area contributed by atoms with E-state index < -0.39 is 0 Å². The van der Waals surface area contributed by atoms with Gasteiger partial charge in [-0.15, -0.1) is 0 Å². The predicted octanol–water partition coefficient (Wildman–Crippen LogP) is 4.93. The van der Waals surface area contributed by atoms with Gasteiger partial charge in [-0.25, -0.2) is 0 Å². The molecule has 0 aromatic rings. The van der Waals surface area contributed by atoms with Crippen molar-refractivity contribution in [1.29, 1.82) is 0 Å². The Morgan fingerprint density at radius 3 is 2.35 bits per heavy atom. The van der Waals surface area contributed by atoms with E-state index in [1.165, 1.54) is 25.7 Å². The summed E-state index contributed by atoms with van der Waals surface area (Å²) in [4.78, 5) is 10.8. The number of carbonyl (C=O) groups excluding carboxylic acids is 1. The first-order valence-electron chi connectivity index (χ1n) is 6.68. The van der Waals surface area contributed by atoms with Gasteiger partial charge in [-0.2, -0.15) is 0 Å². The van der Waals surface area contributed by atoms with Crippen molar-refractivity contribution in [3.05, 3.63) is 0 Å². The highest BCUT2D eigenvalue weighted by Crippen LogP contribution is 2.39. The Morgan fingerprint density at radius 2 is 1.88 bits per heavy atom. The van der Waals surface area contributed by atoms with Gasteiger partial charge in [0.2, 0.25) is 0 Å². The lowest BCUT2D eigenvalue weighted by atomic mass is 10.1. The van der Waals surface area contributed by atoms with Gasteiger partial charge in [-0.05, 0) is 19.3 Å². The summed E-state index contributed by atoms with van der Waals surface area (Å²) in [6, 6.07) is 0. The second-order valence-corrected chi connectivity index (χ2v) is 5.94. The molecule has 104 valence electrons. The Balaban J connectivity index is 0. The van der Waals surface area contributed by atoms with E-state index >= 15 is 0 Å². The highest BCUT2D eigenvalue weighted by atomic mass is 33.1. The monoisotopic (exact) mass is 280 g/mol. The van der Waals surface area contributed by atoms with Gasteiger partial charge in [0.05, 0.1) is 7.11 Å². The number of carbonyl (C=O) groups is 1. The third kappa shape index (κ3) is 12.4. The normalized spacial score (nSPS) is 17.4. The Kier molecular flexibility index (Phi) is 18.6. The lowest BCUT2D eigenvalue weighted by Gasteiger charge is -2.05. The largest absolute Gasteiger partial charge is 0.469 e. The summed E-state index contributed by atoms with van der Waals surface area (Å²) in [6.07, 6.45) is 5.32. The van der Waals surface area contributed by atoms with Crippen LogP contribution in [0, 0.1) is 0 Å². The van der Waals surface area contributed by atoms with Crippen molar-refractivity contribution in [3.63, 3.8) is 0 Å². The molecular formula is C13H28O2S2. The molecule has 2 nitrogen and oxygen atoms in total. The van der Waals surface area contributed by atoms with E-state index in [4.69, 9.17) is 0 Å². The van der Waals surface area contributed by atoms with Crippen molar-refractivity contribution >= 4 is 27.6 Å². The molecule has 1 saturated heterocycles. The molecule has 1 rings (SSSR count). The van der Waals surface area contributed by atoms with Crippen molar-refractivity contribution in [2.24, 2.45) is 0 Å². The molecule has 1 fully saturated rings. The molecule has 1 heterocycles. The zero-order valence-electron chi connectivity index (χ0n) is 12.0. The summed E-state index contributed by atoms with van der Waals surface area (Å²) < 4.78 is 4.57. The average molecular weight is 280 g/mol. The third-order valence-electron chi connectivity index (χ3n) is 2.11. The van der Waals surface area contributed by atoms with Gasteiger partial charge in [0.25, 0.3) is 0 Å². The zero-order valence-corrected chi connectivity index (χ0v) is 13.6. The first-order valence-corrected chi connectivity index (χ1v) is 9.06. The molecular weight excluding hydrogens is 252 g/mol. The minimum absolute atomic E-state index is 0.0755. The molecule has 0 radical (unpaired) electrons. The standard InChI is InChI=1S/C9H16O2S2.2C2H6/c1-11-9(10)5-3-2-4-8-6-7-12-13-8;2*1-2/h8H,2-7H2,1H3;2*1-2H3/t8-;;/m1../s1. The van der Waals surface area contributed by atoms with Crippen LogP contribution in [0.3, 0.4) is 0 Å². The second kappa shape index (κ2) is 16.2. The summed E-state index contributed by atoms with van der Waals surface area (Å²) in [5.74, 6) is 1.22. The predicted molar refractivity (Wildman–Crippen MR) is 81.6 cm³/mol. The number of rotatable bonds is 5. The van der Waals surface area contributed by atoms with E-state index in [9.17, 15) is 4.79 Å². The summed E-state index contributed by atoms with van der Waals surface area (Å²) in [6.45, 7) is 8.00. The molecule has 0 unspecified atom stereocenters. The molecule has 1 aliphatic rings. The maximum atomic E-state index is 10.8. The van der Waals surface area contributed by atoms with E-state index in [2.05, 4.69) is 4.74 Å². The highest BCUT2D eigenvalue weighted by Gasteiger charge is 2.15. The Hall–Kier alpha value is 0.170. The first kappa shape index (κ1) is 19.5. The van der Waals surface area contributed by atoms with E-state index in [0.717, 1.165) is 18.1 Å². The van der Waals surface area contributed by atoms with E-state index in [-0.39, 0.29) is 5.97 Å². The lowest BCUT2D eigenvalue weighted by Crippen LogP contribution is -2.01. The van der Waals surface area contributed by atoms with Gasteiger partial charge in [-0.1, -0.05) is 55.7 Å². The minimum atomic E-state index is -0.0755. The van der Waals surface area contributed by atoms with Crippen LogP contribution in [0.2, 0.25) is 0 Å². The van der Waals surface area contributed by atoms with Crippen LogP contribution < -0.4 is 0 Å². The van der Waals surface area contributed by atoms with E-state index in [1.54, 1.807) is 0 Å². The number of ether oxygens (including phenoxy) is 1. The molecule has 1 aliphatic heterocycles. The molecule has 0 bridgehead atoms. The van der Waals surface area contributed by atoms with Gasteiger partial charge in [0, 0.05) is 17.4 Å². The van der Waals surface area contributed by atoms with Crippen LogP contribution in [0.25, 0.3) is 0 Å². The fraction of sp³-hybridized carbons (Fsp3) is 0.923. The third-order valence-corrected chi connectivity index (χ3v) is 5.12. The van der Waals surface area contributed by atoms with Crippen LogP contribution in [0.4, 0.5) is 0 Å². The van der Waals surface area contributed by atoms with Crippen molar-refractivity contribution < 1.29 is 9.53 Å². The van der Waals surface area contributed by atoms with Crippen LogP contribution in [-0.4, -0.2) is 24.1 Å². The van der Waals surface area contributed by atoms with Gasteiger partial charge in [0.15, 0.2) is 0 Å². The summed E-state index contributed by atoms with van der Waals surface area (Å²) in [5.41, 5.74) is 0. The SMILES string of the molecule is CC.CC.COC(=O)CCCC[C@@H]1CCSS1. The minimum Gasteiger partial charge on any atom is -0.469 e. The van der Waals surface area contributed by atoms with Gasteiger partial charge in [0.1, 0.15) is 0 Å². The molecule has 0 saturated carbocycles. The molecule has 0 spiro atoms.